The highest BCUT2D eigenvalue weighted by molar-refractivity contribution is 7.85. The van der Waals surface area contributed by atoms with E-state index in [0.717, 1.165) is 24.5 Å². The molecule has 0 aliphatic rings. The summed E-state index contributed by atoms with van der Waals surface area (Å²) in [7, 11) is -4.36. The predicted molar refractivity (Wildman–Crippen MR) is 106 cm³/mol. The van der Waals surface area contributed by atoms with Crippen LogP contribution in [0.3, 0.4) is 0 Å². The Hall–Kier alpha value is -2.05. The van der Waals surface area contributed by atoms with E-state index in [1.54, 1.807) is 6.07 Å². The molecule has 0 saturated carbocycles. The Morgan fingerprint density at radius 2 is 1.63 bits per heavy atom. The summed E-state index contributed by atoms with van der Waals surface area (Å²) in [6.45, 7) is 2.22. The van der Waals surface area contributed by atoms with Gasteiger partial charge in [-0.1, -0.05) is 57.6 Å². The molecule has 2 N–H and O–H groups in total. The summed E-state index contributed by atoms with van der Waals surface area (Å²) >= 11 is 0. The topological polar surface area (TPSA) is 83.8 Å². The minimum atomic E-state index is -4.36. The van der Waals surface area contributed by atoms with E-state index in [1.807, 2.05) is 18.2 Å². The molecule has 2 aromatic carbocycles. The van der Waals surface area contributed by atoms with E-state index < -0.39 is 10.1 Å². The molecule has 0 saturated heterocycles. The zero-order valence-corrected chi connectivity index (χ0v) is 16.5. The Kier molecular flexibility index (Phi) is 8.13. The van der Waals surface area contributed by atoms with Crippen molar-refractivity contribution in [2.75, 3.05) is 0 Å². The molecule has 6 heteroatoms. The van der Waals surface area contributed by atoms with Gasteiger partial charge < -0.3 is 9.84 Å². The normalized spacial score (nSPS) is 11.5. The van der Waals surface area contributed by atoms with E-state index in [-0.39, 0.29) is 16.4 Å². The van der Waals surface area contributed by atoms with Crippen LogP contribution in [0.4, 0.5) is 0 Å². The molecule has 5 nitrogen and oxygen atoms in total. The van der Waals surface area contributed by atoms with Crippen molar-refractivity contribution in [1.29, 1.82) is 0 Å². The standard InChI is InChI=1S/C21H28O5S/c1-2-3-4-5-6-7-8-10-17-11-9-12-18(15-17)26-21-14-13-19(16-20(21)22)27(23,24)25/h9,11-16,22H,2-8,10H2,1H3,(H,23,24,25). The van der Waals surface area contributed by atoms with Gasteiger partial charge in [-0.2, -0.15) is 8.42 Å². The molecule has 0 radical (unpaired) electrons. The Labute approximate surface area is 161 Å². The number of unbranched alkanes of at least 4 members (excludes halogenated alkanes) is 6. The molecule has 0 aliphatic heterocycles. The molecular formula is C21H28O5S. The fraction of sp³-hybridized carbons (Fsp3) is 0.429. The van der Waals surface area contributed by atoms with Crippen LogP contribution in [0.2, 0.25) is 0 Å². The second-order valence-corrected chi connectivity index (χ2v) is 8.15. The zero-order valence-electron chi connectivity index (χ0n) is 15.7. The molecular weight excluding hydrogens is 364 g/mol. The lowest BCUT2D eigenvalue weighted by Crippen LogP contribution is -1.98. The van der Waals surface area contributed by atoms with Crippen LogP contribution >= 0.6 is 0 Å². The number of phenolic OH excluding ortho intramolecular Hbond substituents is 1. The molecule has 0 aliphatic carbocycles. The highest BCUT2D eigenvalue weighted by atomic mass is 32.2. The van der Waals surface area contributed by atoms with Gasteiger partial charge in [0, 0.05) is 6.07 Å². The van der Waals surface area contributed by atoms with Gasteiger partial charge in [0.25, 0.3) is 10.1 Å². The van der Waals surface area contributed by atoms with Crippen molar-refractivity contribution >= 4 is 10.1 Å². The first-order valence-electron chi connectivity index (χ1n) is 9.47. The van der Waals surface area contributed by atoms with E-state index in [2.05, 4.69) is 6.92 Å². The molecule has 0 bridgehead atoms. The van der Waals surface area contributed by atoms with E-state index in [9.17, 15) is 13.5 Å². The first kappa shape index (κ1) is 21.3. The average Bonchev–Trinajstić information content (AvgIpc) is 2.62. The fourth-order valence-corrected chi connectivity index (χ4v) is 3.42. The predicted octanol–water partition coefficient (Wildman–Crippen LogP) is 5.72. The summed E-state index contributed by atoms with van der Waals surface area (Å²) in [5.41, 5.74) is 1.16. The molecule has 0 aromatic heterocycles. The van der Waals surface area contributed by atoms with Crippen LogP contribution in [0.25, 0.3) is 0 Å². The lowest BCUT2D eigenvalue weighted by molar-refractivity contribution is 0.408. The van der Waals surface area contributed by atoms with Crippen molar-refractivity contribution in [3.8, 4) is 17.2 Å². The van der Waals surface area contributed by atoms with Gasteiger partial charge in [-0.15, -0.1) is 0 Å². The zero-order chi connectivity index (χ0) is 19.7. The summed E-state index contributed by atoms with van der Waals surface area (Å²) < 4.78 is 36.9. The van der Waals surface area contributed by atoms with Gasteiger partial charge in [-0.05, 0) is 42.7 Å². The summed E-state index contributed by atoms with van der Waals surface area (Å²) in [4.78, 5) is -0.375. The largest absolute Gasteiger partial charge is 0.504 e. The van der Waals surface area contributed by atoms with Gasteiger partial charge in [0.15, 0.2) is 11.5 Å². The van der Waals surface area contributed by atoms with Crippen molar-refractivity contribution in [3.63, 3.8) is 0 Å². The van der Waals surface area contributed by atoms with E-state index in [1.165, 1.54) is 50.7 Å². The van der Waals surface area contributed by atoms with Crippen LogP contribution in [0.5, 0.6) is 17.2 Å². The van der Waals surface area contributed by atoms with Crippen molar-refractivity contribution in [1.82, 2.24) is 0 Å². The monoisotopic (exact) mass is 392 g/mol. The number of ether oxygens (including phenoxy) is 1. The van der Waals surface area contributed by atoms with Crippen LogP contribution in [-0.2, 0) is 16.5 Å². The number of phenols is 1. The van der Waals surface area contributed by atoms with Gasteiger partial charge in [-0.25, -0.2) is 0 Å². The van der Waals surface area contributed by atoms with Crippen LogP contribution in [0, 0.1) is 0 Å². The van der Waals surface area contributed by atoms with Crippen LogP contribution in [-0.4, -0.2) is 18.1 Å². The SMILES string of the molecule is CCCCCCCCCc1cccc(Oc2ccc(S(=O)(=O)O)cc2O)c1. The van der Waals surface area contributed by atoms with Gasteiger partial charge in [-0.3, -0.25) is 4.55 Å². The van der Waals surface area contributed by atoms with Crippen molar-refractivity contribution in [2.24, 2.45) is 0 Å². The van der Waals surface area contributed by atoms with E-state index in [4.69, 9.17) is 9.29 Å². The third-order valence-electron chi connectivity index (χ3n) is 4.42. The maximum atomic E-state index is 11.1. The summed E-state index contributed by atoms with van der Waals surface area (Å²) in [6, 6.07) is 11.1. The van der Waals surface area contributed by atoms with Crippen molar-refractivity contribution < 1.29 is 22.8 Å². The van der Waals surface area contributed by atoms with Gasteiger partial charge in [0.1, 0.15) is 5.75 Å². The van der Waals surface area contributed by atoms with Crippen LogP contribution in [0.1, 0.15) is 57.4 Å². The van der Waals surface area contributed by atoms with Crippen molar-refractivity contribution in [3.05, 3.63) is 48.0 Å². The molecule has 0 spiro atoms. The lowest BCUT2D eigenvalue weighted by atomic mass is 10.0. The molecule has 148 valence electrons. The Bertz CT molecular complexity index is 830. The molecule has 0 atom stereocenters. The smallest absolute Gasteiger partial charge is 0.294 e. The average molecular weight is 393 g/mol. The summed E-state index contributed by atoms with van der Waals surface area (Å²) in [5, 5.41) is 9.95. The maximum Gasteiger partial charge on any atom is 0.294 e. The molecule has 0 fully saturated rings. The Morgan fingerprint density at radius 3 is 2.30 bits per heavy atom. The molecule has 27 heavy (non-hydrogen) atoms. The van der Waals surface area contributed by atoms with E-state index in [0.29, 0.717) is 5.75 Å². The number of rotatable bonds is 11. The molecule has 0 unspecified atom stereocenters. The number of benzene rings is 2. The Morgan fingerprint density at radius 1 is 0.926 bits per heavy atom. The number of aromatic hydroxyl groups is 1. The summed E-state index contributed by atoms with van der Waals surface area (Å²) in [5.74, 6) is 0.364. The molecule has 0 heterocycles. The second kappa shape index (κ2) is 10.3. The summed E-state index contributed by atoms with van der Waals surface area (Å²) in [6.07, 6.45) is 9.78. The number of hydrogen-bond donors (Lipinski definition) is 2. The highest BCUT2D eigenvalue weighted by Crippen LogP contribution is 2.33. The Balaban J connectivity index is 1.90. The molecule has 2 aromatic rings. The van der Waals surface area contributed by atoms with Gasteiger partial charge in [0.05, 0.1) is 4.90 Å². The first-order valence-corrected chi connectivity index (χ1v) is 10.9. The number of aryl methyl sites for hydroxylation is 1. The minimum absolute atomic E-state index is 0.135. The van der Waals surface area contributed by atoms with Gasteiger partial charge in [0.2, 0.25) is 0 Å². The third-order valence-corrected chi connectivity index (χ3v) is 5.27. The van der Waals surface area contributed by atoms with Crippen LogP contribution < -0.4 is 4.74 Å². The van der Waals surface area contributed by atoms with Crippen molar-refractivity contribution in [2.45, 2.75) is 63.2 Å². The highest BCUT2D eigenvalue weighted by Gasteiger charge is 2.13. The molecule has 0 amide bonds. The third kappa shape index (κ3) is 7.23. The second-order valence-electron chi connectivity index (χ2n) is 6.73. The maximum absolute atomic E-state index is 11.1. The fourth-order valence-electron chi connectivity index (χ4n) is 2.92. The first-order chi connectivity index (χ1) is 12.9. The van der Waals surface area contributed by atoms with Gasteiger partial charge >= 0.3 is 0 Å². The van der Waals surface area contributed by atoms with E-state index >= 15 is 0 Å². The molecule has 2 rings (SSSR count). The quantitative estimate of drug-likeness (QED) is 0.377. The van der Waals surface area contributed by atoms with Crippen LogP contribution in [0.15, 0.2) is 47.4 Å². The number of hydrogen-bond acceptors (Lipinski definition) is 4. The lowest BCUT2D eigenvalue weighted by Gasteiger charge is -2.10. The minimum Gasteiger partial charge on any atom is -0.504 e.